The Hall–Kier alpha value is -1.91. The minimum atomic E-state index is -1.32. The number of carbonyl (C=O) groups excluding carboxylic acids is 1. The van der Waals surface area contributed by atoms with Crippen molar-refractivity contribution in [1.29, 1.82) is 0 Å². The first kappa shape index (κ1) is 11.6. The fourth-order valence-electron chi connectivity index (χ4n) is 1.69. The quantitative estimate of drug-likeness (QED) is 0.846. The Kier molecular flexibility index (Phi) is 2.83. The zero-order valence-corrected chi connectivity index (χ0v) is 9.24. The van der Waals surface area contributed by atoms with Crippen molar-refractivity contribution in [3.63, 3.8) is 0 Å². The molecule has 2 N–H and O–H groups in total. The van der Waals surface area contributed by atoms with Gasteiger partial charge in [-0.3, -0.25) is 4.79 Å². The van der Waals surface area contributed by atoms with Crippen molar-refractivity contribution < 1.29 is 19.1 Å². The van der Waals surface area contributed by atoms with E-state index in [1.54, 1.807) is 0 Å². The Morgan fingerprint density at radius 3 is 2.59 bits per heavy atom. The Labute approximate surface area is 97.4 Å². The average molecular weight is 237 g/mol. The number of anilines is 1. The second-order valence-corrected chi connectivity index (χ2v) is 4.31. The molecule has 0 aromatic heterocycles. The number of amides is 1. The summed E-state index contributed by atoms with van der Waals surface area (Å²) < 4.78 is 13.3. The Morgan fingerprint density at radius 1 is 1.47 bits per heavy atom. The molecule has 0 radical (unpaired) electrons. The van der Waals surface area contributed by atoms with Gasteiger partial charge in [0.2, 0.25) is 5.91 Å². The third-order valence-corrected chi connectivity index (χ3v) is 2.91. The largest absolute Gasteiger partial charge is 0.478 e. The van der Waals surface area contributed by atoms with Gasteiger partial charge in [-0.2, -0.15) is 0 Å². The van der Waals surface area contributed by atoms with Gasteiger partial charge in [0.15, 0.2) is 0 Å². The van der Waals surface area contributed by atoms with Crippen LogP contribution in [0.1, 0.15) is 23.7 Å². The lowest BCUT2D eigenvalue weighted by atomic mass is 10.2. The van der Waals surface area contributed by atoms with Gasteiger partial charge in [0.1, 0.15) is 5.82 Å². The molecule has 5 heteroatoms. The van der Waals surface area contributed by atoms with Gasteiger partial charge < -0.3 is 10.4 Å². The van der Waals surface area contributed by atoms with Gasteiger partial charge in [-0.25, -0.2) is 9.18 Å². The Balaban J connectivity index is 2.10. The lowest BCUT2D eigenvalue weighted by Crippen LogP contribution is -2.15. The Bertz CT molecular complexity index is 487. The van der Waals surface area contributed by atoms with E-state index in [9.17, 15) is 14.0 Å². The van der Waals surface area contributed by atoms with Crippen molar-refractivity contribution in [2.24, 2.45) is 11.8 Å². The smallest absolute Gasteiger partial charge is 0.338 e. The van der Waals surface area contributed by atoms with E-state index in [-0.39, 0.29) is 17.5 Å². The molecule has 1 aliphatic rings. The minimum absolute atomic E-state index is 0.00258. The topological polar surface area (TPSA) is 66.4 Å². The number of rotatable bonds is 3. The molecule has 1 amide bonds. The highest BCUT2D eigenvalue weighted by molar-refractivity contribution is 5.95. The van der Waals surface area contributed by atoms with E-state index in [4.69, 9.17) is 5.11 Å². The lowest BCUT2D eigenvalue weighted by molar-refractivity contribution is -0.117. The highest BCUT2D eigenvalue weighted by Crippen LogP contribution is 2.38. The normalized spacial score (nSPS) is 22.0. The average Bonchev–Trinajstić information content (AvgIpc) is 2.95. The molecule has 2 unspecified atom stereocenters. The molecule has 1 aromatic carbocycles. The molecule has 2 rings (SSSR count). The summed E-state index contributed by atoms with van der Waals surface area (Å²) in [6, 6.07) is 3.55. The number of benzene rings is 1. The second kappa shape index (κ2) is 4.16. The van der Waals surface area contributed by atoms with E-state index in [2.05, 4.69) is 5.32 Å². The van der Waals surface area contributed by atoms with Gasteiger partial charge in [-0.15, -0.1) is 0 Å². The fourth-order valence-corrected chi connectivity index (χ4v) is 1.69. The highest BCUT2D eigenvalue weighted by atomic mass is 19.1. The van der Waals surface area contributed by atoms with Crippen LogP contribution in [-0.4, -0.2) is 17.0 Å². The van der Waals surface area contributed by atoms with Crippen LogP contribution in [0.4, 0.5) is 10.1 Å². The number of carboxylic acids is 1. The molecular weight excluding hydrogens is 225 g/mol. The number of carboxylic acid groups (broad SMARTS) is 1. The highest BCUT2D eigenvalue weighted by Gasteiger charge is 2.39. The summed E-state index contributed by atoms with van der Waals surface area (Å²) in [4.78, 5) is 22.2. The van der Waals surface area contributed by atoms with Crippen LogP contribution >= 0.6 is 0 Å². The maximum Gasteiger partial charge on any atom is 0.338 e. The zero-order valence-electron chi connectivity index (χ0n) is 9.24. The summed E-state index contributed by atoms with van der Waals surface area (Å²) >= 11 is 0. The monoisotopic (exact) mass is 237 g/mol. The van der Waals surface area contributed by atoms with Crippen LogP contribution in [0.3, 0.4) is 0 Å². The van der Waals surface area contributed by atoms with E-state index in [1.165, 1.54) is 6.07 Å². The van der Waals surface area contributed by atoms with Crippen LogP contribution < -0.4 is 5.32 Å². The predicted octanol–water partition coefficient (Wildman–Crippen LogP) is 2.12. The molecule has 0 bridgehead atoms. The van der Waals surface area contributed by atoms with Crippen molar-refractivity contribution in [1.82, 2.24) is 0 Å². The molecule has 1 aromatic rings. The number of hydrogen-bond acceptors (Lipinski definition) is 2. The van der Waals surface area contributed by atoms with Crippen LogP contribution in [-0.2, 0) is 4.79 Å². The van der Waals surface area contributed by atoms with Gasteiger partial charge in [0.05, 0.1) is 5.56 Å². The van der Waals surface area contributed by atoms with E-state index >= 15 is 0 Å². The number of nitrogens with one attached hydrogen (secondary N) is 1. The third-order valence-electron chi connectivity index (χ3n) is 2.91. The SMILES string of the molecule is CC1CC1C(=O)Nc1ccc(C(=O)O)c(F)c1. The van der Waals surface area contributed by atoms with Crippen LogP contribution in [0, 0.1) is 17.7 Å². The van der Waals surface area contributed by atoms with Gasteiger partial charge in [0.25, 0.3) is 0 Å². The first-order chi connectivity index (χ1) is 7.99. The summed E-state index contributed by atoms with van der Waals surface area (Å²) in [6.45, 7) is 1.97. The summed E-state index contributed by atoms with van der Waals surface area (Å²) in [7, 11) is 0. The van der Waals surface area contributed by atoms with E-state index in [0.717, 1.165) is 18.6 Å². The fraction of sp³-hybridized carbons (Fsp3) is 0.333. The van der Waals surface area contributed by atoms with Gasteiger partial charge >= 0.3 is 5.97 Å². The number of aromatic carboxylic acids is 1. The molecular formula is C12H12FNO3. The lowest BCUT2D eigenvalue weighted by Gasteiger charge is -2.05. The molecule has 0 saturated heterocycles. The van der Waals surface area contributed by atoms with E-state index < -0.39 is 17.3 Å². The number of carbonyl (C=O) groups is 2. The standard InChI is InChI=1S/C12H12FNO3/c1-6-4-9(6)11(15)14-7-2-3-8(12(16)17)10(13)5-7/h2-3,5-6,9H,4H2,1H3,(H,14,15)(H,16,17). The zero-order chi connectivity index (χ0) is 12.6. The first-order valence-electron chi connectivity index (χ1n) is 5.32. The predicted molar refractivity (Wildman–Crippen MR) is 59.3 cm³/mol. The van der Waals surface area contributed by atoms with Crippen LogP contribution in [0.25, 0.3) is 0 Å². The van der Waals surface area contributed by atoms with E-state index in [0.29, 0.717) is 5.92 Å². The van der Waals surface area contributed by atoms with Gasteiger partial charge in [-0.1, -0.05) is 6.92 Å². The molecule has 0 spiro atoms. The molecule has 4 nitrogen and oxygen atoms in total. The van der Waals surface area contributed by atoms with Crippen LogP contribution in [0.15, 0.2) is 18.2 Å². The molecule has 2 atom stereocenters. The molecule has 1 fully saturated rings. The molecule has 0 aliphatic heterocycles. The van der Waals surface area contributed by atoms with Crippen LogP contribution in [0.2, 0.25) is 0 Å². The first-order valence-corrected chi connectivity index (χ1v) is 5.32. The summed E-state index contributed by atoms with van der Waals surface area (Å²) in [5, 5.41) is 11.2. The van der Waals surface area contributed by atoms with Crippen molar-refractivity contribution in [2.75, 3.05) is 5.32 Å². The summed E-state index contributed by atoms with van der Waals surface area (Å²) in [5.41, 5.74) is -0.112. The minimum Gasteiger partial charge on any atom is -0.478 e. The van der Waals surface area contributed by atoms with Crippen molar-refractivity contribution in [3.8, 4) is 0 Å². The van der Waals surface area contributed by atoms with Gasteiger partial charge in [0, 0.05) is 11.6 Å². The molecule has 0 heterocycles. The summed E-state index contributed by atoms with van der Waals surface area (Å²) in [5.74, 6) is -1.94. The van der Waals surface area contributed by atoms with E-state index in [1.807, 2.05) is 6.92 Å². The molecule has 1 saturated carbocycles. The maximum absolute atomic E-state index is 13.3. The molecule has 1 aliphatic carbocycles. The van der Waals surface area contributed by atoms with Gasteiger partial charge in [-0.05, 0) is 30.5 Å². The van der Waals surface area contributed by atoms with Crippen molar-refractivity contribution >= 4 is 17.6 Å². The third kappa shape index (κ3) is 2.43. The summed E-state index contributed by atoms with van der Waals surface area (Å²) in [6.07, 6.45) is 0.849. The maximum atomic E-state index is 13.3. The van der Waals surface area contributed by atoms with Crippen molar-refractivity contribution in [2.45, 2.75) is 13.3 Å². The van der Waals surface area contributed by atoms with Crippen molar-refractivity contribution in [3.05, 3.63) is 29.6 Å². The van der Waals surface area contributed by atoms with Crippen LogP contribution in [0.5, 0.6) is 0 Å². The number of hydrogen-bond donors (Lipinski definition) is 2. The number of halogens is 1. The Morgan fingerprint density at radius 2 is 2.12 bits per heavy atom. The molecule has 17 heavy (non-hydrogen) atoms. The second-order valence-electron chi connectivity index (χ2n) is 4.31. The molecule has 90 valence electrons.